The molecule has 0 spiro atoms. The fourth-order valence-corrected chi connectivity index (χ4v) is 2.48. The van der Waals surface area contributed by atoms with Crippen molar-refractivity contribution >= 4 is 23.9 Å². The highest BCUT2D eigenvalue weighted by Gasteiger charge is 2.39. The second kappa shape index (κ2) is 4.58. The molecular weight excluding hydrogens is 272 g/mol. The van der Waals surface area contributed by atoms with Gasteiger partial charge >= 0.3 is 6.03 Å². The molecule has 2 atom stereocenters. The largest absolute Gasteiger partial charge is 0.461 e. The van der Waals surface area contributed by atoms with Gasteiger partial charge in [-0.05, 0) is 30.5 Å². The number of likely N-dealkylation sites (N-methyl/N-ethyl adjacent to an activating group) is 2. The summed E-state index contributed by atoms with van der Waals surface area (Å²) in [6.07, 6.45) is 2.50. The first-order valence-corrected chi connectivity index (χ1v) is 6.81. The number of carbonyl (C=O) groups excluding carboxylic acids is 3. The van der Waals surface area contributed by atoms with Gasteiger partial charge in [-0.2, -0.15) is 0 Å². The van der Waals surface area contributed by atoms with Crippen LogP contribution in [0.5, 0.6) is 0 Å². The van der Waals surface area contributed by atoms with Crippen LogP contribution in [0, 0.1) is 5.92 Å². The van der Waals surface area contributed by atoms with Crippen LogP contribution in [0.4, 0.5) is 4.79 Å². The molecule has 2 heterocycles. The van der Waals surface area contributed by atoms with Gasteiger partial charge in [-0.15, -0.1) is 0 Å². The van der Waals surface area contributed by atoms with Gasteiger partial charge in [0.1, 0.15) is 17.1 Å². The van der Waals surface area contributed by atoms with Crippen LogP contribution in [0.1, 0.15) is 30.8 Å². The maximum atomic E-state index is 12.0. The third-order valence-corrected chi connectivity index (χ3v) is 4.05. The maximum absolute atomic E-state index is 12.0. The zero-order valence-corrected chi connectivity index (χ0v) is 12.1. The van der Waals surface area contributed by atoms with Crippen LogP contribution in [-0.4, -0.2) is 41.7 Å². The van der Waals surface area contributed by atoms with Gasteiger partial charge in [0.15, 0.2) is 0 Å². The lowest BCUT2D eigenvalue weighted by Crippen LogP contribution is -2.52. The van der Waals surface area contributed by atoms with Crippen LogP contribution >= 0.6 is 0 Å². The van der Waals surface area contributed by atoms with E-state index in [1.165, 1.54) is 20.2 Å². The number of imide groups is 2. The number of barbiturate groups is 1. The number of nitrogens with zero attached hydrogens (tertiary/aromatic N) is 2. The molecule has 1 saturated heterocycles. The summed E-state index contributed by atoms with van der Waals surface area (Å²) in [5.41, 5.74) is -0.0654. The maximum Gasteiger partial charge on any atom is 0.333 e. The second-order valence-corrected chi connectivity index (χ2v) is 5.63. The van der Waals surface area contributed by atoms with Crippen molar-refractivity contribution in [3.63, 3.8) is 0 Å². The summed E-state index contributed by atoms with van der Waals surface area (Å²) in [6.45, 7) is 2.15. The average molecular weight is 288 g/mol. The Bertz CT molecular complexity index is 647. The number of hydrogen-bond acceptors (Lipinski definition) is 4. The van der Waals surface area contributed by atoms with Gasteiger partial charge in [0.2, 0.25) is 0 Å². The Kier molecular flexibility index (Phi) is 2.97. The summed E-state index contributed by atoms with van der Waals surface area (Å²) in [5.74, 6) is 1.16. The molecule has 6 heteroatoms. The molecule has 4 amide bonds. The number of carbonyl (C=O) groups is 3. The molecule has 1 aliphatic heterocycles. The van der Waals surface area contributed by atoms with E-state index < -0.39 is 17.8 Å². The van der Waals surface area contributed by atoms with E-state index in [0.29, 0.717) is 17.6 Å². The second-order valence-electron chi connectivity index (χ2n) is 5.63. The third-order valence-electron chi connectivity index (χ3n) is 4.05. The molecule has 1 aliphatic carbocycles. The van der Waals surface area contributed by atoms with Crippen molar-refractivity contribution in [2.24, 2.45) is 5.92 Å². The third kappa shape index (κ3) is 2.16. The lowest BCUT2D eigenvalue weighted by molar-refractivity contribution is -0.134. The first-order valence-electron chi connectivity index (χ1n) is 6.81. The lowest BCUT2D eigenvalue weighted by atomic mass is 10.1. The van der Waals surface area contributed by atoms with Crippen LogP contribution in [0.2, 0.25) is 0 Å². The van der Waals surface area contributed by atoms with E-state index in [4.69, 9.17) is 4.42 Å². The highest BCUT2D eigenvalue weighted by Crippen LogP contribution is 2.47. The summed E-state index contributed by atoms with van der Waals surface area (Å²) < 4.78 is 5.67. The minimum absolute atomic E-state index is 0.0654. The van der Waals surface area contributed by atoms with Crippen molar-refractivity contribution in [1.29, 1.82) is 0 Å². The summed E-state index contributed by atoms with van der Waals surface area (Å²) in [4.78, 5) is 37.6. The molecule has 110 valence electrons. The van der Waals surface area contributed by atoms with Crippen LogP contribution in [-0.2, 0) is 9.59 Å². The normalized spacial score (nSPS) is 25.7. The predicted molar refractivity (Wildman–Crippen MR) is 74.1 cm³/mol. The van der Waals surface area contributed by atoms with E-state index in [0.717, 1.165) is 22.0 Å². The summed E-state index contributed by atoms with van der Waals surface area (Å²) in [6, 6.07) is 2.98. The van der Waals surface area contributed by atoms with Gasteiger partial charge in [0.05, 0.1) is 0 Å². The molecule has 0 N–H and O–H groups in total. The monoisotopic (exact) mass is 288 g/mol. The minimum Gasteiger partial charge on any atom is -0.461 e. The van der Waals surface area contributed by atoms with E-state index in [-0.39, 0.29) is 5.57 Å². The van der Waals surface area contributed by atoms with Crippen molar-refractivity contribution in [3.05, 3.63) is 29.2 Å². The lowest BCUT2D eigenvalue weighted by Gasteiger charge is -2.28. The van der Waals surface area contributed by atoms with Crippen LogP contribution in [0.15, 0.2) is 22.1 Å². The number of amides is 4. The fraction of sp³-hybridized carbons (Fsp3) is 0.400. The van der Waals surface area contributed by atoms with Gasteiger partial charge in [-0.3, -0.25) is 19.4 Å². The Morgan fingerprint density at radius 1 is 1.14 bits per heavy atom. The van der Waals surface area contributed by atoms with E-state index in [1.807, 2.05) is 6.07 Å². The van der Waals surface area contributed by atoms with Gasteiger partial charge < -0.3 is 4.42 Å². The standard InChI is InChI=1S/C15H16N2O4/c1-8-6-10(8)12-5-4-9(21-12)7-11-13(18)16(2)15(20)17(3)14(11)19/h4-5,7-8,10H,6H2,1-3H3/t8-,10-/m0/s1. The van der Waals surface area contributed by atoms with Gasteiger partial charge in [-0.25, -0.2) is 4.79 Å². The van der Waals surface area contributed by atoms with E-state index >= 15 is 0 Å². The van der Waals surface area contributed by atoms with E-state index in [1.54, 1.807) is 6.07 Å². The highest BCUT2D eigenvalue weighted by molar-refractivity contribution is 6.30. The zero-order valence-electron chi connectivity index (χ0n) is 12.1. The quantitative estimate of drug-likeness (QED) is 0.615. The molecule has 6 nitrogen and oxygen atoms in total. The van der Waals surface area contributed by atoms with Gasteiger partial charge in [-0.1, -0.05) is 6.92 Å². The number of hydrogen-bond donors (Lipinski definition) is 0. The zero-order chi connectivity index (χ0) is 15.3. The van der Waals surface area contributed by atoms with E-state index in [2.05, 4.69) is 6.92 Å². The fourth-order valence-electron chi connectivity index (χ4n) is 2.48. The Morgan fingerprint density at radius 3 is 2.24 bits per heavy atom. The molecule has 1 aromatic heterocycles. The Balaban J connectivity index is 1.90. The van der Waals surface area contributed by atoms with Crippen LogP contribution < -0.4 is 0 Å². The SMILES string of the molecule is C[C@H]1C[C@@H]1c1ccc(C=C2C(=O)N(C)C(=O)N(C)C2=O)o1. The van der Waals surface area contributed by atoms with Crippen molar-refractivity contribution in [2.45, 2.75) is 19.3 Å². The first-order chi connectivity index (χ1) is 9.90. The molecule has 21 heavy (non-hydrogen) atoms. The molecule has 3 rings (SSSR count). The molecular formula is C15H16N2O4. The molecule has 0 unspecified atom stereocenters. The van der Waals surface area contributed by atoms with Crippen LogP contribution in [0.3, 0.4) is 0 Å². The van der Waals surface area contributed by atoms with Crippen molar-refractivity contribution in [1.82, 2.24) is 9.80 Å². The molecule has 0 radical (unpaired) electrons. The van der Waals surface area contributed by atoms with Crippen LogP contribution in [0.25, 0.3) is 6.08 Å². The summed E-state index contributed by atoms with van der Waals surface area (Å²) in [5, 5.41) is 0. The van der Waals surface area contributed by atoms with Crippen molar-refractivity contribution in [2.75, 3.05) is 14.1 Å². The van der Waals surface area contributed by atoms with Gasteiger partial charge in [0, 0.05) is 20.0 Å². The number of urea groups is 1. The van der Waals surface area contributed by atoms with Crippen molar-refractivity contribution in [3.8, 4) is 0 Å². The topological polar surface area (TPSA) is 70.8 Å². The predicted octanol–water partition coefficient (Wildman–Crippen LogP) is 1.84. The molecule has 0 aromatic carbocycles. The number of furan rings is 1. The molecule has 1 saturated carbocycles. The molecule has 1 aromatic rings. The summed E-state index contributed by atoms with van der Waals surface area (Å²) >= 11 is 0. The van der Waals surface area contributed by atoms with Crippen molar-refractivity contribution < 1.29 is 18.8 Å². The molecule has 2 aliphatic rings. The number of rotatable bonds is 2. The first kappa shape index (κ1) is 13.6. The Labute approximate surface area is 122 Å². The minimum atomic E-state index is -0.630. The molecule has 2 fully saturated rings. The summed E-state index contributed by atoms with van der Waals surface area (Å²) in [7, 11) is 2.70. The Morgan fingerprint density at radius 2 is 1.71 bits per heavy atom. The van der Waals surface area contributed by atoms with E-state index in [9.17, 15) is 14.4 Å². The Hall–Kier alpha value is -2.37. The average Bonchev–Trinajstić information content (AvgIpc) is 3.01. The highest BCUT2D eigenvalue weighted by atomic mass is 16.3. The van der Waals surface area contributed by atoms with Gasteiger partial charge in [0.25, 0.3) is 11.8 Å². The smallest absolute Gasteiger partial charge is 0.333 e. The molecule has 0 bridgehead atoms.